The third kappa shape index (κ3) is 7.41. The summed E-state index contributed by atoms with van der Waals surface area (Å²) >= 11 is 0. The zero-order valence-electron chi connectivity index (χ0n) is 17.3. The molecule has 0 fully saturated rings. The lowest BCUT2D eigenvalue weighted by molar-refractivity contribution is -0.162. The van der Waals surface area contributed by atoms with Gasteiger partial charge in [-0.15, -0.1) is 0 Å². The zero-order chi connectivity index (χ0) is 21.3. The third-order valence-electron chi connectivity index (χ3n) is 4.44. The van der Waals surface area contributed by atoms with Gasteiger partial charge in [0.1, 0.15) is 6.16 Å². The van der Waals surface area contributed by atoms with Crippen molar-refractivity contribution >= 4 is 13.5 Å². The molecule has 7 heteroatoms. The predicted molar refractivity (Wildman–Crippen MR) is 114 cm³/mol. The van der Waals surface area contributed by atoms with E-state index in [4.69, 9.17) is 9.05 Å². The number of carbonyl (C=O) groups excluding carboxylic acids is 1. The minimum atomic E-state index is -3.51. The fourth-order valence-electron chi connectivity index (χ4n) is 2.94. The molecule has 0 unspecified atom stereocenters. The van der Waals surface area contributed by atoms with Gasteiger partial charge in [0.25, 0.3) is 5.91 Å². The molecule has 0 spiro atoms. The predicted octanol–water partition coefficient (Wildman–Crippen LogP) is 5.08. The molecule has 2 aromatic carbocycles. The van der Waals surface area contributed by atoms with Gasteiger partial charge in [0.2, 0.25) is 0 Å². The van der Waals surface area contributed by atoms with E-state index in [9.17, 15) is 14.6 Å². The van der Waals surface area contributed by atoms with Crippen molar-refractivity contribution in [3.63, 3.8) is 0 Å². The van der Waals surface area contributed by atoms with Crippen LogP contribution in [0, 0.1) is 6.92 Å². The van der Waals surface area contributed by atoms with Crippen molar-refractivity contribution in [3.05, 3.63) is 59.7 Å². The average Bonchev–Trinajstić information content (AvgIpc) is 2.69. The maximum absolute atomic E-state index is 12.4. The van der Waals surface area contributed by atoms with Crippen LogP contribution in [0.15, 0.2) is 48.5 Å². The van der Waals surface area contributed by atoms with Crippen LogP contribution in [0.3, 0.4) is 0 Å². The topological polar surface area (TPSA) is 76.1 Å². The fourth-order valence-corrected chi connectivity index (χ4v) is 4.48. The summed E-state index contributed by atoms with van der Waals surface area (Å²) < 4.78 is 22.6. The van der Waals surface area contributed by atoms with E-state index in [1.165, 1.54) is 11.1 Å². The molecule has 0 atom stereocenters. The lowest BCUT2D eigenvalue weighted by Gasteiger charge is -2.20. The lowest BCUT2D eigenvalue weighted by Crippen LogP contribution is -2.31. The Bertz CT molecular complexity index is 810. The normalized spacial score (nSPS) is 11.4. The molecule has 0 radical (unpaired) electrons. The molecule has 1 amide bonds. The summed E-state index contributed by atoms with van der Waals surface area (Å²) in [7, 11) is -3.51. The smallest absolute Gasteiger partial charge is 0.309 e. The summed E-state index contributed by atoms with van der Waals surface area (Å²) in [5.41, 5.74) is 4.67. The Morgan fingerprint density at radius 2 is 1.48 bits per heavy atom. The molecular formula is C22H30NO5P. The Morgan fingerprint density at radius 3 is 2.00 bits per heavy atom. The molecule has 29 heavy (non-hydrogen) atoms. The first-order chi connectivity index (χ1) is 13.9. The van der Waals surface area contributed by atoms with Gasteiger partial charge >= 0.3 is 7.60 Å². The molecule has 0 aliphatic heterocycles. The van der Waals surface area contributed by atoms with Gasteiger partial charge in [0.15, 0.2) is 0 Å². The number of hydroxylamine groups is 2. The Labute approximate surface area is 172 Å². The molecule has 0 heterocycles. The second kappa shape index (κ2) is 11.3. The van der Waals surface area contributed by atoms with Crippen LogP contribution in [-0.2, 0) is 24.8 Å². The Hall–Kier alpha value is -1.98. The van der Waals surface area contributed by atoms with Gasteiger partial charge in [-0.05, 0) is 50.3 Å². The van der Waals surface area contributed by atoms with E-state index < -0.39 is 19.7 Å². The maximum Gasteiger partial charge on any atom is 0.340 e. The summed E-state index contributed by atoms with van der Waals surface area (Å²) in [6.07, 6.45) is 0.837. The van der Waals surface area contributed by atoms with Gasteiger partial charge < -0.3 is 9.05 Å². The molecule has 0 aliphatic carbocycles. The molecule has 0 aliphatic rings. The minimum Gasteiger partial charge on any atom is -0.309 e. The fraction of sp³-hybridized carbons (Fsp3) is 0.409. The van der Waals surface area contributed by atoms with Crippen molar-refractivity contribution in [2.75, 3.05) is 25.9 Å². The number of hydrogen-bond acceptors (Lipinski definition) is 5. The highest BCUT2D eigenvalue weighted by Crippen LogP contribution is 2.47. The van der Waals surface area contributed by atoms with E-state index in [1.807, 2.05) is 0 Å². The van der Waals surface area contributed by atoms with Crippen molar-refractivity contribution in [2.45, 2.75) is 33.6 Å². The summed E-state index contributed by atoms with van der Waals surface area (Å²) in [5.74, 6) is -0.662. The SMILES string of the molecule is CCOP(=O)(CC(=O)N(O)CCCc1ccc(-c2ccc(C)cc2)cc1)OCC. The van der Waals surface area contributed by atoms with Crippen LogP contribution in [-0.4, -0.2) is 42.1 Å². The van der Waals surface area contributed by atoms with Crippen LogP contribution >= 0.6 is 7.60 Å². The lowest BCUT2D eigenvalue weighted by atomic mass is 10.0. The van der Waals surface area contributed by atoms with Crippen LogP contribution in [0.5, 0.6) is 0 Å². The number of aryl methyl sites for hydroxylation is 2. The molecule has 0 saturated carbocycles. The molecule has 158 valence electrons. The van der Waals surface area contributed by atoms with Gasteiger partial charge in [-0.3, -0.25) is 14.6 Å². The second-order valence-electron chi connectivity index (χ2n) is 6.79. The van der Waals surface area contributed by atoms with Crippen molar-refractivity contribution in [3.8, 4) is 11.1 Å². The quantitative estimate of drug-likeness (QED) is 0.312. The monoisotopic (exact) mass is 419 g/mol. The summed E-state index contributed by atoms with van der Waals surface area (Å²) in [4.78, 5) is 12.1. The van der Waals surface area contributed by atoms with E-state index in [2.05, 4.69) is 55.5 Å². The van der Waals surface area contributed by atoms with Gasteiger partial charge in [-0.1, -0.05) is 54.1 Å². The first kappa shape index (κ1) is 23.3. The van der Waals surface area contributed by atoms with E-state index in [-0.39, 0.29) is 19.8 Å². The second-order valence-corrected chi connectivity index (χ2v) is 8.84. The van der Waals surface area contributed by atoms with Crippen LogP contribution in [0.1, 0.15) is 31.4 Å². The van der Waals surface area contributed by atoms with Crippen LogP contribution in [0.2, 0.25) is 0 Å². The highest BCUT2D eigenvalue weighted by Gasteiger charge is 2.29. The number of nitrogens with zero attached hydrogens (tertiary/aromatic N) is 1. The minimum absolute atomic E-state index is 0.150. The van der Waals surface area contributed by atoms with Gasteiger partial charge in [0, 0.05) is 6.54 Å². The van der Waals surface area contributed by atoms with Crippen molar-refractivity contribution in [1.82, 2.24) is 5.06 Å². The highest BCUT2D eigenvalue weighted by molar-refractivity contribution is 7.54. The Morgan fingerprint density at radius 1 is 0.966 bits per heavy atom. The molecule has 0 aromatic heterocycles. The molecular weight excluding hydrogens is 389 g/mol. The van der Waals surface area contributed by atoms with E-state index >= 15 is 0 Å². The summed E-state index contributed by atoms with van der Waals surface area (Å²) in [5, 5.41) is 10.6. The Balaban J connectivity index is 1.83. The molecule has 0 saturated heterocycles. The molecule has 0 bridgehead atoms. The van der Waals surface area contributed by atoms with E-state index in [1.54, 1.807) is 13.8 Å². The van der Waals surface area contributed by atoms with E-state index in [0.717, 1.165) is 11.1 Å². The largest absolute Gasteiger partial charge is 0.340 e. The van der Waals surface area contributed by atoms with Gasteiger partial charge in [-0.25, -0.2) is 5.06 Å². The molecule has 2 rings (SSSR count). The molecule has 1 N–H and O–H groups in total. The first-order valence-electron chi connectivity index (χ1n) is 9.90. The van der Waals surface area contributed by atoms with Crippen molar-refractivity contribution < 1.29 is 23.6 Å². The van der Waals surface area contributed by atoms with Gasteiger partial charge in [-0.2, -0.15) is 0 Å². The number of benzene rings is 2. The highest BCUT2D eigenvalue weighted by atomic mass is 31.2. The number of carbonyl (C=O) groups is 1. The van der Waals surface area contributed by atoms with Crippen molar-refractivity contribution in [2.24, 2.45) is 0 Å². The van der Waals surface area contributed by atoms with E-state index in [0.29, 0.717) is 17.9 Å². The number of rotatable bonds is 11. The van der Waals surface area contributed by atoms with Crippen LogP contribution in [0.4, 0.5) is 0 Å². The molecule has 2 aromatic rings. The van der Waals surface area contributed by atoms with Crippen LogP contribution in [0.25, 0.3) is 11.1 Å². The Kier molecular flexibility index (Phi) is 9.05. The van der Waals surface area contributed by atoms with Crippen molar-refractivity contribution in [1.29, 1.82) is 0 Å². The summed E-state index contributed by atoms with van der Waals surface area (Å²) in [6.45, 7) is 5.92. The number of amides is 1. The standard InChI is InChI=1S/C22H30NO5P/c1-4-27-29(26,28-5-2)17-22(24)23(25)16-6-7-19-10-14-21(15-11-19)20-12-8-18(3)9-13-20/h8-15,25H,4-7,16-17H2,1-3H3. The zero-order valence-corrected chi connectivity index (χ0v) is 18.2. The molecule has 6 nitrogen and oxygen atoms in total. The third-order valence-corrected chi connectivity index (χ3v) is 6.40. The maximum atomic E-state index is 12.4. The summed E-state index contributed by atoms with van der Waals surface area (Å²) in [6, 6.07) is 16.6. The number of hydrogen-bond donors (Lipinski definition) is 1. The average molecular weight is 419 g/mol. The van der Waals surface area contributed by atoms with Crippen LogP contribution < -0.4 is 0 Å². The first-order valence-corrected chi connectivity index (χ1v) is 11.6. The van der Waals surface area contributed by atoms with Gasteiger partial charge in [0.05, 0.1) is 13.2 Å².